The number of carboxylic acid groups (broad SMARTS) is 1. The lowest BCUT2D eigenvalue weighted by atomic mass is 9.88. The predicted molar refractivity (Wildman–Crippen MR) is 76.8 cm³/mol. The van der Waals surface area contributed by atoms with Gasteiger partial charge < -0.3 is 5.11 Å². The van der Waals surface area contributed by atoms with Gasteiger partial charge in [0.15, 0.2) is 0 Å². The van der Waals surface area contributed by atoms with E-state index < -0.39 is 11.5 Å². The largest absolute Gasteiger partial charge is 0.480 e. The molecule has 0 aliphatic carbocycles. The smallest absolute Gasteiger partial charge is 0.323 e. The summed E-state index contributed by atoms with van der Waals surface area (Å²) >= 11 is 12.3. The average molecular weight is 302 g/mol. The van der Waals surface area contributed by atoms with Crippen molar-refractivity contribution in [3.8, 4) is 0 Å². The Morgan fingerprint density at radius 1 is 1.37 bits per heavy atom. The van der Waals surface area contributed by atoms with Crippen LogP contribution in [0.1, 0.15) is 31.7 Å². The Morgan fingerprint density at radius 2 is 2.00 bits per heavy atom. The topological polar surface area (TPSA) is 40.5 Å². The number of carbonyl (C=O) groups is 1. The molecule has 19 heavy (non-hydrogen) atoms. The van der Waals surface area contributed by atoms with Crippen LogP contribution in [0.15, 0.2) is 18.2 Å². The van der Waals surface area contributed by atoms with Gasteiger partial charge in [0.2, 0.25) is 0 Å². The van der Waals surface area contributed by atoms with Crippen LogP contribution >= 0.6 is 23.2 Å². The molecule has 1 atom stereocenters. The van der Waals surface area contributed by atoms with Crippen molar-refractivity contribution in [3.63, 3.8) is 0 Å². The van der Waals surface area contributed by atoms with Gasteiger partial charge in [0.25, 0.3) is 0 Å². The van der Waals surface area contributed by atoms with Gasteiger partial charge in [-0.15, -0.1) is 0 Å². The van der Waals surface area contributed by atoms with Gasteiger partial charge in [0.05, 0.1) is 0 Å². The van der Waals surface area contributed by atoms with E-state index in [9.17, 15) is 9.90 Å². The van der Waals surface area contributed by atoms with E-state index in [2.05, 4.69) is 0 Å². The number of piperidine rings is 1. The first-order chi connectivity index (χ1) is 8.95. The summed E-state index contributed by atoms with van der Waals surface area (Å²) in [6, 6.07) is 5.36. The van der Waals surface area contributed by atoms with Crippen LogP contribution in [-0.2, 0) is 11.3 Å². The van der Waals surface area contributed by atoms with Crippen molar-refractivity contribution < 1.29 is 9.90 Å². The Labute approximate surface area is 123 Å². The Kier molecular flexibility index (Phi) is 4.39. The SMILES string of the molecule is CC1(C(=O)O)CCCCN1Cc1c(Cl)cccc1Cl. The zero-order valence-corrected chi connectivity index (χ0v) is 12.3. The van der Waals surface area contributed by atoms with Gasteiger partial charge in [-0.3, -0.25) is 9.69 Å². The number of aliphatic carboxylic acids is 1. The van der Waals surface area contributed by atoms with Crippen LogP contribution in [-0.4, -0.2) is 28.1 Å². The molecule has 1 heterocycles. The maximum atomic E-state index is 11.5. The molecule has 1 aromatic rings. The summed E-state index contributed by atoms with van der Waals surface area (Å²) in [5.41, 5.74) is -0.0268. The molecule has 104 valence electrons. The Bertz CT molecular complexity index is 472. The molecule has 0 bridgehead atoms. The first-order valence-electron chi connectivity index (χ1n) is 6.36. The zero-order chi connectivity index (χ0) is 14.0. The molecular formula is C14H17Cl2NO2. The third kappa shape index (κ3) is 2.88. The summed E-state index contributed by atoms with van der Waals surface area (Å²) in [4.78, 5) is 13.5. The molecule has 3 nitrogen and oxygen atoms in total. The van der Waals surface area contributed by atoms with E-state index in [4.69, 9.17) is 23.2 Å². The van der Waals surface area contributed by atoms with Gasteiger partial charge in [0.1, 0.15) is 5.54 Å². The highest BCUT2D eigenvalue weighted by molar-refractivity contribution is 6.35. The molecule has 0 saturated carbocycles. The molecule has 1 saturated heterocycles. The maximum absolute atomic E-state index is 11.5. The lowest BCUT2D eigenvalue weighted by Gasteiger charge is -2.41. The van der Waals surface area contributed by atoms with Gasteiger partial charge in [-0.1, -0.05) is 29.3 Å². The van der Waals surface area contributed by atoms with Gasteiger partial charge in [0, 0.05) is 22.2 Å². The fraction of sp³-hybridized carbons (Fsp3) is 0.500. The van der Waals surface area contributed by atoms with Gasteiger partial charge in [-0.2, -0.15) is 0 Å². The minimum absolute atomic E-state index is 0.474. The molecule has 0 amide bonds. The lowest BCUT2D eigenvalue weighted by Crippen LogP contribution is -2.54. The van der Waals surface area contributed by atoms with Crippen LogP contribution in [0.3, 0.4) is 0 Å². The van der Waals surface area contributed by atoms with Crippen LogP contribution in [0.4, 0.5) is 0 Å². The number of nitrogens with zero attached hydrogens (tertiary/aromatic N) is 1. The summed E-state index contributed by atoms with van der Waals surface area (Å²) in [6.45, 7) is 3.00. The van der Waals surface area contributed by atoms with Crippen molar-refractivity contribution >= 4 is 29.2 Å². The Morgan fingerprint density at radius 3 is 2.58 bits per heavy atom. The van der Waals surface area contributed by atoms with Gasteiger partial charge in [-0.05, 0) is 44.9 Å². The minimum atomic E-state index is -0.833. The van der Waals surface area contributed by atoms with Crippen molar-refractivity contribution in [1.82, 2.24) is 4.90 Å². The second-order valence-electron chi connectivity index (χ2n) is 5.16. The molecule has 0 aromatic heterocycles. The first kappa shape index (κ1) is 14.6. The third-order valence-corrected chi connectivity index (χ3v) is 4.62. The van der Waals surface area contributed by atoms with Crippen molar-refractivity contribution in [1.29, 1.82) is 0 Å². The molecule has 0 radical (unpaired) electrons. The van der Waals surface area contributed by atoms with E-state index in [1.165, 1.54) is 0 Å². The highest BCUT2D eigenvalue weighted by atomic mass is 35.5. The van der Waals surface area contributed by atoms with Crippen LogP contribution in [0.2, 0.25) is 10.0 Å². The summed E-state index contributed by atoms with van der Waals surface area (Å²) < 4.78 is 0. The standard InChI is InChI=1S/C14H17Cl2NO2/c1-14(13(18)19)7-2-3-8-17(14)9-10-11(15)5-4-6-12(10)16/h4-6H,2-3,7-9H2,1H3,(H,18,19). The molecule has 5 heteroatoms. The van der Waals surface area contributed by atoms with Crippen LogP contribution in [0.25, 0.3) is 0 Å². The van der Waals surface area contributed by atoms with Crippen molar-refractivity contribution in [2.75, 3.05) is 6.54 Å². The highest BCUT2D eigenvalue weighted by Crippen LogP contribution is 2.33. The molecule has 1 aliphatic heterocycles. The number of hydrogen-bond acceptors (Lipinski definition) is 2. The number of likely N-dealkylation sites (tertiary alicyclic amines) is 1. The number of hydrogen-bond donors (Lipinski definition) is 1. The third-order valence-electron chi connectivity index (χ3n) is 3.91. The van der Waals surface area contributed by atoms with E-state index in [-0.39, 0.29) is 0 Å². The lowest BCUT2D eigenvalue weighted by molar-refractivity contribution is -0.153. The number of benzene rings is 1. The van der Waals surface area contributed by atoms with E-state index in [0.717, 1.165) is 24.9 Å². The van der Waals surface area contributed by atoms with Crippen LogP contribution in [0.5, 0.6) is 0 Å². The van der Waals surface area contributed by atoms with Crippen molar-refractivity contribution in [3.05, 3.63) is 33.8 Å². The van der Waals surface area contributed by atoms with Crippen molar-refractivity contribution in [2.45, 2.75) is 38.3 Å². The number of rotatable bonds is 3. The molecule has 0 spiro atoms. The first-order valence-corrected chi connectivity index (χ1v) is 7.12. The monoisotopic (exact) mass is 301 g/mol. The normalized spacial score (nSPS) is 24.4. The number of carboxylic acids is 1. The highest BCUT2D eigenvalue weighted by Gasteiger charge is 2.41. The molecule has 1 N–H and O–H groups in total. The van der Waals surface area contributed by atoms with Crippen LogP contribution < -0.4 is 0 Å². The fourth-order valence-corrected chi connectivity index (χ4v) is 3.06. The summed E-state index contributed by atoms with van der Waals surface area (Å²) in [6.07, 6.45) is 2.60. The van der Waals surface area contributed by atoms with Crippen molar-refractivity contribution in [2.24, 2.45) is 0 Å². The average Bonchev–Trinajstić information content (AvgIpc) is 2.36. The summed E-state index contributed by atoms with van der Waals surface area (Å²) in [7, 11) is 0. The number of halogens is 2. The molecular weight excluding hydrogens is 285 g/mol. The molecule has 1 fully saturated rings. The zero-order valence-electron chi connectivity index (χ0n) is 10.8. The molecule has 2 rings (SSSR count). The Balaban J connectivity index is 2.28. The van der Waals surface area contributed by atoms with E-state index in [1.807, 2.05) is 4.90 Å². The fourth-order valence-electron chi connectivity index (χ4n) is 2.55. The molecule has 1 aliphatic rings. The van der Waals surface area contributed by atoms with E-state index in [1.54, 1.807) is 25.1 Å². The molecule has 1 unspecified atom stereocenters. The van der Waals surface area contributed by atoms with Gasteiger partial charge >= 0.3 is 5.97 Å². The quantitative estimate of drug-likeness (QED) is 0.922. The minimum Gasteiger partial charge on any atom is -0.480 e. The predicted octanol–water partition coefficient (Wildman–Crippen LogP) is 3.82. The van der Waals surface area contributed by atoms with E-state index >= 15 is 0 Å². The van der Waals surface area contributed by atoms with E-state index in [0.29, 0.717) is 23.0 Å². The Hall–Kier alpha value is -0.770. The summed E-state index contributed by atoms with van der Waals surface area (Å²) in [5, 5.41) is 10.7. The second-order valence-corrected chi connectivity index (χ2v) is 5.97. The summed E-state index contributed by atoms with van der Waals surface area (Å²) in [5.74, 6) is -0.782. The van der Waals surface area contributed by atoms with Crippen LogP contribution in [0, 0.1) is 0 Å². The van der Waals surface area contributed by atoms with Gasteiger partial charge in [-0.25, -0.2) is 0 Å². The second kappa shape index (κ2) is 5.70. The molecule has 1 aromatic carbocycles. The maximum Gasteiger partial charge on any atom is 0.323 e.